The molecule has 1 amide bonds. The van der Waals surface area contributed by atoms with Gasteiger partial charge in [-0.15, -0.1) is 0 Å². The second kappa shape index (κ2) is 6.92. The van der Waals surface area contributed by atoms with Gasteiger partial charge in [0.2, 0.25) is 5.91 Å². The molecule has 1 aromatic rings. The van der Waals surface area contributed by atoms with Crippen LogP contribution in [0.3, 0.4) is 0 Å². The highest BCUT2D eigenvalue weighted by molar-refractivity contribution is 5.75. The number of carbonyl (C=O) groups is 1. The third kappa shape index (κ3) is 4.86. The number of pyridine rings is 1. The summed E-state index contributed by atoms with van der Waals surface area (Å²) in [4.78, 5) is 17.1. The predicted octanol–water partition coefficient (Wildman–Crippen LogP) is 0.284. The zero-order valence-corrected chi connectivity index (χ0v) is 9.52. The number of nitrogens with zero attached hydrogens (tertiary/aromatic N) is 2. The molecule has 3 N–H and O–H groups in total. The molecule has 5 nitrogen and oxygen atoms in total. The Morgan fingerprint density at radius 3 is 3.06 bits per heavy atom. The minimum absolute atomic E-state index is 0.116. The van der Waals surface area contributed by atoms with Crippen molar-refractivity contribution in [3.63, 3.8) is 0 Å². The number of nitrogens with two attached hydrogens (primary N) is 1. The van der Waals surface area contributed by atoms with Gasteiger partial charge < -0.3 is 4.90 Å². The third-order valence-electron chi connectivity index (χ3n) is 2.28. The lowest BCUT2D eigenvalue weighted by Crippen LogP contribution is -2.30. The van der Waals surface area contributed by atoms with E-state index < -0.39 is 0 Å². The minimum atomic E-state index is -0.116. The van der Waals surface area contributed by atoms with Crippen LogP contribution in [0.5, 0.6) is 0 Å². The first kappa shape index (κ1) is 12.6. The van der Waals surface area contributed by atoms with Gasteiger partial charge in [-0.3, -0.25) is 15.2 Å². The Morgan fingerprint density at radius 1 is 1.62 bits per heavy atom. The van der Waals surface area contributed by atoms with Crippen LogP contribution in [0.15, 0.2) is 24.5 Å². The van der Waals surface area contributed by atoms with E-state index >= 15 is 0 Å². The molecule has 0 radical (unpaired) electrons. The van der Waals surface area contributed by atoms with Gasteiger partial charge in [0.15, 0.2) is 0 Å². The molecule has 0 saturated carbocycles. The highest BCUT2D eigenvalue weighted by atomic mass is 16.2. The second-order valence-electron chi connectivity index (χ2n) is 3.77. The van der Waals surface area contributed by atoms with Gasteiger partial charge in [-0.25, -0.2) is 5.84 Å². The zero-order chi connectivity index (χ0) is 11.8. The van der Waals surface area contributed by atoms with Crippen LogP contribution in [0, 0.1) is 0 Å². The molecule has 0 spiro atoms. The van der Waals surface area contributed by atoms with Crippen molar-refractivity contribution in [3.05, 3.63) is 30.1 Å². The average Bonchev–Trinajstić information content (AvgIpc) is 2.30. The van der Waals surface area contributed by atoms with Crippen molar-refractivity contribution in [2.75, 3.05) is 13.6 Å². The fourth-order valence-corrected chi connectivity index (χ4v) is 1.46. The van der Waals surface area contributed by atoms with Crippen LogP contribution in [0.2, 0.25) is 0 Å². The number of amides is 1. The van der Waals surface area contributed by atoms with Crippen LogP contribution in [0.1, 0.15) is 18.4 Å². The molecule has 1 aromatic heterocycles. The Bertz CT molecular complexity index is 315. The van der Waals surface area contributed by atoms with Crippen molar-refractivity contribution in [1.29, 1.82) is 0 Å². The van der Waals surface area contributed by atoms with Crippen LogP contribution in [0.4, 0.5) is 0 Å². The number of rotatable bonds is 6. The molecule has 1 rings (SSSR count). The first-order valence-electron chi connectivity index (χ1n) is 5.29. The van der Waals surface area contributed by atoms with Crippen molar-refractivity contribution in [2.24, 2.45) is 5.84 Å². The van der Waals surface area contributed by atoms with E-state index in [4.69, 9.17) is 5.84 Å². The maximum absolute atomic E-state index is 10.9. The maximum Gasteiger partial charge on any atom is 0.233 e. The standard InChI is InChI=1S/C11H18N4O/c1-15(7-3-5-11(16)14-12)9-10-4-2-6-13-8-10/h2,4,6,8H,3,5,7,9,12H2,1H3,(H,14,16). The van der Waals surface area contributed by atoms with Crippen molar-refractivity contribution < 1.29 is 4.79 Å². The first-order valence-corrected chi connectivity index (χ1v) is 5.29. The summed E-state index contributed by atoms with van der Waals surface area (Å²) in [5, 5.41) is 0. The molecule has 1 heterocycles. The lowest BCUT2D eigenvalue weighted by atomic mass is 10.2. The normalized spacial score (nSPS) is 10.4. The number of carbonyl (C=O) groups excluding carboxylic acids is 1. The van der Waals surface area contributed by atoms with Crippen LogP contribution in [0.25, 0.3) is 0 Å². The van der Waals surface area contributed by atoms with E-state index in [0.29, 0.717) is 6.42 Å². The van der Waals surface area contributed by atoms with Gasteiger partial charge in [-0.05, 0) is 31.6 Å². The lowest BCUT2D eigenvalue weighted by molar-refractivity contribution is -0.121. The van der Waals surface area contributed by atoms with Crippen molar-refractivity contribution >= 4 is 5.91 Å². The number of hydrazine groups is 1. The lowest BCUT2D eigenvalue weighted by Gasteiger charge is -2.15. The quantitative estimate of drug-likeness (QED) is 0.412. The molecule has 0 saturated heterocycles. The Morgan fingerprint density at radius 2 is 2.44 bits per heavy atom. The molecule has 0 aliphatic carbocycles. The average molecular weight is 222 g/mol. The van der Waals surface area contributed by atoms with Crippen molar-refractivity contribution in [1.82, 2.24) is 15.3 Å². The van der Waals surface area contributed by atoms with Crippen LogP contribution >= 0.6 is 0 Å². The van der Waals surface area contributed by atoms with E-state index in [1.54, 1.807) is 6.20 Å². The summed E-state index contributed by atoms with van der Waals surface area (Å²) in [6.45, 7) is 1.71. The second-order valence-corrected chi connectivity index (χ2v) is 3.77. The van der Waals surface area contributed by atoms with Gasteiger partial charge >= 0.3 is 0 Å². The van der Waals surface area contributed by atoms with E-state index in [1.165, 1.54) is 5.56 Å². The fourth-order valence-electron chi connectivity index (χ4n) is 1.46. The number of nitrogens with one attached hydrogen (secondary N) is 1. The van der Waals surface area contributed by atoms with Crippen molar-refractivity contribution in [2.45, 2.75) is 19.4 Å². The molecule has 0 aromatic carbocycles. The van der Waals surface area contributed by atoms with Crippen molar-refractivity contribution in [3.8, 4) is 0 Å². The molecule has 0 fully saturated rings. The summed E-state index contributed by atoms with van der Waals surface area (Å²) < 4.78 is 0. The van der Waals surface area contributed by atoms with E-state index in [-0.39, 0.29) is 5.91 Å². The van der Waals surface area contributed by atoms with E-state index in [2.05, 4.69) is 15.3 Å². The van der Waals surface area contributed by atoms with Gasteiger partial charge in [0, 0.05) is 25.4 Å². The monoisotopic (exact) mass is 222 g/mol. The Labute approximate surface area is 95.6 Å². The molecule has 0 aliphatic rings. The maximum atomic E-state index is 10.9. The molecular weight excluding hydrogens is 204 g/mol. The van der Waals surface area contributed by atoms with Gasteiger partial charge in [0.1, 0.15) is 0 Å². The summed E-state index contributed by atoms with van der Waals surface area (Å²) in [6.07, 6.45) is 4.88. The summed E-state index contributed by atoms with van der Waals surface area (Å²) in [5.74, 6) is 4.88. The number of hydrogen-bond donors (Lipinski definition) is 2. The molecule has 0 unspecified atom stereocenters. The number of hydrogen-bond acceptors (Lipinski definition) is 4. The smallest absolute Gasteiger partial charge is 0.233 e. The molecule has 88 valence electrons. The zero-order valence-electron chi connectivity index (χ0n) is 9.52. The van der Waals surface area contributed by atoms with Gasteiger partial charge in [0.05, 0.1) is 0 Å². The summed E-state index contributed by atoms with van der Waals surface area (Å²) in [6, 6.07) is 3.96. The fraction of sp³-hybridized carbons (Fsp3) is 0.455. The minimum Gasteiger partial charge on any atom is -0.302 e. The Hall–Kier alpha value is -1.46. The summed E-state index contributed by atoms with van der Waals surface area (Å²) in [7, 11) is 2.02. The van der Waals surface area contributed by atoms with Gasteiger partial charge in [-0.2, -0.15) is 0 Å². The van der Waals surface area contributed by atoms with E-state index in [1.807, 2.05) is 25.4 Å². The largest absolute Gasteiger partial charge is 0.302 e. The molecular formula is C11H18N4O. The first-order chi connectivity index (χ1) is 7.72. The van der Waals surface area contributed by atoms with Gasteiger partial charge in [0.25, 0.3) is 0 Å². The Balaban J connectivity index is 2.21. The SMILES string of the molecule is CN(CCCC(=O)NN)Cc1cccnc1. The molecule has 0 atom stereocenters. The van der Waals surface area contributed by atoms with Crippen LogP contribution in [-0.4, -0.2) is 29.4 Å². The molecule has 5 heteroatoms. The Kier molecular flexibility index (Phi) is 5.45. The molecule has 0 bridgehead atoms. The van der Waals surface area contributed by atoms with Gasteiger partial charge in [-0.1, -0.05) is 6.07 Å². The van der Waals surface area contributed by atoms with Crippen LogP contribution < -0.4 is 11.3 Å². The topological polar surface area (TPSA) is 71.2 Å². The van der Waals surface area contributed by atoms with E-state index in [9.17, 15) is 4.79 Å². The highest BCUT2D eigenvalue weighted by Crippen LogP contribution is 2.02. The highest BCUT2D eigenvalue weighted by Gasteiger charge is 2.02. The van der Waals surface area contributed by atoms with Crippen LogP contribution in [-0.2, 0) is 11.3 Å². The number of aromatic nitrogens is 1. The third-order valence-corrected chi connectivity index (χ3v) is 2.28. The molecule has 16 heavy (non-hydrogen) atoms. The molecule has 0 aliphatic heterocycles. The summed E-state index contributed by atoms with van der Waals surface area (Å²) >= 11 is 0. The summed E-state index contributed by atoms with van der Waals surface area (Å²) in [5.41, 5.74) is 3.30. The predicted molar refractivity (Wildman–Crippen MR) is 62.1 cm³/mol. The van der Waals surface area contributed by atoms with E-state index in [0.717, 1.165) is 19.5 Å².